The van der Waals surface area contributed by atoms with E-state index in [0.29, 0.717) is 11.1 Å². The van der Waals surface area contributed by atoms with Gasteiger partial charge in [-0.2, -0.15) is 0 Å². The lowest BCUT2D eigenvalue weighted by atomic mass is 10.2. The van der Waals surface area contributed by atoms with E-state index in [2.05, 4.69) is 10.2 Å². The molecule has 0 unspecified atom stereocenters. The second-order valence-electron chi connectivity index (χ2n) is 3.52. The highest BCUT2D eigenvalue weighted by atomic mass is 16.4. The Morgan fingerprint density at radius 2 is 2.19 bits per heavy atom. The third kappa shape index (κ3) is 1.04. The van der Waals surface area contributed by atoms with E-state index >= 15 is 0 Å². The lowest BCUT2D eigenvalue weighted by molar-refractivity contribution is 0.425. The van der Waals surface area contributed by atoms with Gasteiger partial charge in [0.15, 0.2) is 5.58 Å². The molecule has 0 aliphatic rings. The third-order valence-electron chi connectivity index (χ3n) is 2.39. The summed E-state index contributed by atoms with van der Waals surface area (Å²) in [6.07, 6.45) is 0. The van der Waals surface area contributed by atoms with E-state index in [1.54, 1.807) is 12.1 Å². The van der Waals surface area contributed by atoms with Gasteiger partial charge in [0.25, 0.3) is 5.65 Å². The summed E-state index contributed by atoms with van der Waals surface area (Å²) in [7, 11) is 0. The van der Waals surface area contributed by atoms with Gasteiger partial charge in [0.2, 0.25) is 0 Å². The van der Waals surface area contributed by atoms with Crippen molar-refractivity contribution in [1.29, 1.82) is 0 Å². The van der Waals surface area contributed by atoms with E-state index in [1.165, 1.54) is 4.40 Å². The van der Waals surface area contributed by atoms with Gasteiger partial charge in [0.1, 0.15) is 0 Å². The molecule has 6 heteroatoms. The summed E-state index contributed by atoms with van der Waals surface area (Å²) in [5.74, 6) is 0. The van der Waals surface area contributed by atoms with Crippen LogP contribution in [0.5, 0.6) is 6.01 Å². The summed E-state index contributed by atoms with van der Waals surface area (Å²) in [6, 6.07) is 4.95. The normalized spacial score (nSPS) is 11.3. The van der Waals surface area contributed by atoms with Crippen LogP contribution >= 0.6 is 0 Å². The third-order valence-corrected chi connectivity index (χ3v) is 2.39. The van der Waals surface area contributed by atoms with Gasteiger partial charge in [-0.25, -0.2) is 9.20 Å². The smallest absolute Gasteiger partial charge is 0.382 e. The average molecular weight is 217 g/mol. The van der Waals surface area contributed by atoms with Gasteiger partial charge in [-0.3, -0.25) is 0 Å². The Morgan fingerprint density at radius 1 is 1.38 bits per heavy atom. The molecule has 0 amide bonds. The Morgan fingerprint density at radius 3 is 3.00 bits per heavy atom. The minimum Gasteiger partial charge on any atom is -0.479 e. The SMILES string of the molecule is Cc1ccc2oc(=O)c3nnc(O)n3c2c1. The predicted molar refractivity (Wildman–Crippen MR) is 55.4 cm³/mol. The Balaban J connectivity index is 2.69. The van der Waals surface area contributed by atoms with Crippen molar-refractivity contribution >= 4 is 16.7 Å². The summed E-state index contributed by atoms with van der Waals surface area (Å²) < 4.78 is 6.33. The number of hydrogen-bond acceptors (Lipinski definition) is 5. The number of aromatic nitrogens is 3. The fraction of sp³-hybridized carbons (Fsp3) is 0.100. The predicted octanol–water partition coefficient (Wildman–Crippen LogP) is 0.850. The zero-order chi connectivity index (χ0) is 11.3. The molecule has 0 radical (unpaired) electrons. The lowest BCUT2D eigenvalue weighted by Crippen LogP contribution is -2.05. The molecule has 2 heterocycles. The van der Waals surface area contributed by atoms with E-state index in [-0.39, 0.29) is 11.7 Å². The van der Waals surface area contributed by atoms with E-state index in [4.69, 9.17) is 4.42 Å². The van der Waals surface area contributed by atoms with Crippen molar-refractivity contribution in [3.63, 3.8) is 0 Å². The number of rotatable bonds is 0. The van der Waals surface area contributed by atoms with Crippen molar-refractivity contribution in [2.45, 2.75) is 6.92 Å². The Hall–Kier alpha value is -2.37. The molecule has 3 aromatic rings. The molecule has 0 spiro atoms. The standard InChI is InChI=1S/C10H7N3O3/c1-5-2-3-7-6(4-5)13-8(9(14)16-7)11-12-10(13)15/h2-4H,1H3,(H,12,15). The summed E-state index contributed by atoms with van der Waals surface area (Å²) in [4.78, 5) is 11.5. The molecule has 0 bridgehead atoms. The molecule has 3 rings (SSSR count). The van der Waals surface area contributed by atoms with Crippen LogP contribution in [-0.2, 0) is 0 Å². The van der Waals surface area contributed by atoms with Crippen LogP contribution in [0.1, 0.15) is 5.56 Å². The van der Waals surface area contributed by atoms with Crippen LogP contribution in [0, 0.1) is 6.92 Å². The molecule has 80 valence electrons. The van der Waals surface area contributed by atoms with Crippen LogP contribution in [-0.4, -0.2) is 19.7 Å². The molecule has 2 aromatic heterocycles. The van der Waals surface area contributed by atoms with Crippen molar-refractivity contribution in [2.24, 2.45) is 0 Å². The molecular weight excluding hydrogens is 210 g/mol. The van der Waals surface area contributed by atoms with E-state index in [0.717, 1.165) is 5.56 Å². The summed E-state index contributed by atoms with van der Waals surface area (Å²) in [5.41, 5.74) is 1.30. The van der Waals surface area contributed by atoms with Crippen LogP contribution in [0.25, 0.3) is 16.7 Å². The highest BCUT2D eigenvalue weighted by molar-refractivity contribution is 5.76. The molecule has 6 nitrogen and oxygen atoms in total. The van der Waals surface area contributed by atoms with E-state index in [1.807, 2.05) is 13.0 Å². The van der Waals surface area contributed by atoms with Gasteiger partial charge in [-0.1, -0.05) is 11.2 Å². The molecule has 0 atom stereocenters. The van der Waals surface area contributed by atoms with Gasteiger partial charge in [-0.15, -0.1) is 5.10 Å². The first-order valence-electron chi connectivity index (χ1n) is 4.64. The number of nitrogens with zero attached hydrogens (tertiary/aromatic N) is 3. The average Bonchev–Trinajstić information content (AvgIpc) is 2.63. The number of hydrogen-bond donors (Lipinski definition) is 1. The monoisotopic (exact) mass is 217 g/mol. The zero-order valence-corrected chi connectivity index (χ0v) is 8.34. The molecule has 16 heavy (non-hydrogen) atoms. The van der Waals surface area contributed by atoms with Gasteiger partial charge in [0, 0.05) is 0 Å². The second-order valence-corrected chi connectivity index (χ2v) is 3.52. The minimum atomic E-state index is -0.621. The summed E-state index contributed by atoms with van der Waals surface area (Å²) >= 11 is 0. The number of benzene rings is 1. The first-order chi connectivity index (χ1) is 7.66. The molecule has 0 aliphatic heterocycles. The van der Waals surface area contributed by atoms with Crippen LogP contribution in [0.3, 0.4) is 0 Å². The number of aryl methyl sites for hydroxylation is 1. The maximum absolute atomic E-state index is 11.5. The fourth-order valence-electron chi connectivity index (χ4n) is 1.66. The van der Waals surface area contributed by atoms with Gasteiger partial charge < -0.3 is 9.52 Å². The van der Waals surface area contributed by atoms with Crippen molar-refractivity contribution in [3.05, 3.63) is 34.2 Å². The Labute approximate surface area is 88.8 Å². The molecule has 0 aliphatic carbocycles. The maximum Gasteiger partial charge on any atom is 0.382 e. The molecule has 1 aromatic carbocycles. The maximum atomic E-state index is 11.5. The second kappa shape index (κ2) is 2.82. The quantitative estimate of drug-likeness (QED) is 0.603. The van der Waals surface area contributed by atoms with Crippen molar-refractivity contribution in [1.82, 2.24) is 14.6 Å². The largest absolute Gasteiger partial charge is 0.479 e. The van der Waals surface area contributed by atoms with Crippen LogP contribution < -0.4 is 5.63 Å². The van der Waals surface area contributed by atoms with Crippen LogP contribution in [0.4, 0.5) is 0 Å². The van der Waals surface area contributed by atoms with Gasteiger partial charge in [0.05, 0.1) is 5.52 Å². The topological polar surface area (TPSA) is 80.6 Å². The highest BCUT2D eigenvalue weighted by Crippen LogP contribution is 2.18. The highest BCUT2D eigenvalue weighted by Gasteiger charge is 2.13. The summed E-state index contributed by atoms with van der Waals surface area (Å²) in [6.45, 7) is 1.90. The van der Waals surface area contributed by atoms with Crippen molar-refractivity contribution in [3.8, 4) is 6.01 Å². The van der Waals surface area contributed by atoms with Crippen LogP contribution in [0.2, 0.25) is 0 Å². The zero-order valence-electron chi connectivity index (χ0n) is 8.34. The van der Waals surface area contributed by atoms with Crippen molar-refractivity contribution < 1.29 is 9.52 Å². The van der Waals surface area contributed by atoms with Crippen LogP contribution in [0.15, 0.2) is 27.4 Å². The molecule has 0 saturated heterocycles. The van der Waals surface area contributed by atoms with Gasteiger partial charge >= 0.3 is 11.6 Å². The summed E-state index contributed by atoms with van der Waals surface area (Å²) in [5, 5.41) is 16.5. The molecular formula is C10H7N3O3. The molecule has 0 saturated carbocycles. The van der Waals surface area contributed by atoms with Gasteiger partial charge in [-0.05, 0) is 24.6 Å². The molecule has 1 N–H and O–H groups in total. The van der Waals surface area contributed by atoms with Crippen molar-refractivity contribution in [2.75, 3.05) is 0 Å². The number of aromatic hydroxyl groups is 1. The minimum absolute atomic E-state index is 0.0180. The number of fused-ring (bicyclic) bond motifs is 3. The van der Waals surface area contributed by atoms with E-state index in [9.17, 15) is 9.90 Å². The molecule has 0 fully saturated rings. The van der Waals surface area contributed by atoms with E-state index < -0.39 is 5.63 Å². The Kier molecular flexibility index (Phi) is 1.57. The fourth-order valence-corrected chi connectivity index (χ4v) is 1.66. The lowest BCUT2D eigenvalue weighted by Gasteiger charge is -2.01. The first kappa shape index (κ1) is 8.90. The Bertz CT molecular complexity index is 757. The first-order valence-corrected chi connectivity index (χ1v) is 4.64.